The molecule has 0 aliphatic heterocycles. The van der Waals surface area contributed by atoms with Crippen LogP contribution in [0.25, 0.3) is 10.9 Å². The lowest BCUT2D eigenvalue weighted by Gasteiger charge is -2.16. The van der Waals surface area contributed by atoms with Crippen LogP contribution in [0.2, 0.25) is 0 Å². The van der Waals surface area contributed by atoms with Crippen LogP contribution in [0, 0.1) is 10.1 Å². The van der Waals surface area contributed by atoms with Gasteiger partial charge in [0.1, 0.15) is 6.61 Å². The zero-order valence-electron chi connectivity index (χ0n) is 20.5. The van der Waals surface area contributed by atoms with Crippen molar-refractivity contribution in [2.45, 2.75) is 66.2 Å². The van der Waals surface area contributed by atoms with Crippen LogP contribution in [0.15, 0.2) is 46.3 Å². The number of nitro groups is 1. The molecule has 7 heteroatoms. The summed E-state index contributed by atoms with van der Waals surface area (Å²) in [6.45, 7) is 9.05. The number of pyridine rings is 1. The molecule has 0 aliphatic rings. The van der Waals surface area contributed by atoms with E-state index in [-0.39, 0.29) is 23.6 Å². The van der Waals surface area contributed by atoms with Gasteiger partial charge in [0.05, 0.1) is 17.0 Å². The second-order valence-corrected chi connectivity index (χ2v) is 8.57. The number of unbranched alkanes of at least 4 members (excludes halogenated alkanes) is 3. The van der Waals surface area contributed by atoms with Gasteiger partial charge >= 0.3 is 0 Å². The van der Waals surface area contributed by atoms with Crippen LogP contribution >= 0.6 is 0 Å². The molecule has 0 saturated carbocycles. The summed E-state index contributed by atoms with van der Waals surface area (Å²) in [5.74, 6) is 0.498. The van der Waals surface area contributed by atoms with E-state index in [0.717, 1.165) is 38.5 Å². The van der Waals surface area contributed by atoms with Gasteiger partial charge in [0.15, 0.2) is 5.75 Å². The number of allylic oxidation sites excluding steroid dienone is 3. The molecule has 0 amide bonds. The maximum Gasteiger partial charge on any atom is 0.297 e. The predicted molar refractivity (Wildman–Crippen MR) is 133 cm³/mol. The second-order valence-electron chi connectivity index (χ2n) is 8.57. The highest BCUT2D eigenvalue weighted by Crippen LogP contribution is 2.34. The van der Waals surface area contributed by atoms with Gasteiger partial charge in [0, 0.05) is 24.6 Å². The molecule has 2 rings (SSSR count). The average molecular weight is 457 g/mol. The zero-order chi connectivity index (χ0) is 24.4. The fourth-order valence-corrected chi connectivity index (χ4v) is 3.52. The molecule has 2 aromatic rings. The highest BCUT2D eigenvalue weighted by molar-refractivity contribution is 5.89. The number of aromatic nitrogens is 1. The van der Waals surface area contributed by atoms with Crippen molar-refractivity contribution in [3.8, 4) is 11.5 Å². The van der Waals surface area contributed by atoms with Crippen LogP contribution in [0.3, 0.4) is 0 Å². The van der Waals surface area contributed by atoms with E-state index in [0.29, 0.717) is 23.3 Å². The summed E-state index contributed by atoms with van der Waals surface area (Å²) in [6.07, 6.45) is 10.2. The van der Waals surface area contributed by atoms with Gasteiger partial charge in [-0.1, -0.05) is 43.4 Å². The first-order chi connectivity index (χ1) is 15.8. The van der Waals surface area contributed by atoms with E-state index >= 15 is 0 Å². The third-order valence-electron chi connectivity index (χ3n) is 5.50. The monoisotopic (exact) mass is 456 g/mol. The van der Waals surface area contributed by atoms with Gasteiger partial charge < -0.3 is 14.0 Å². The Kier molecular flexibility index (Phi) is 10.2. The average Bonchev–Trinajstić information content (AvgIpc) is 2.77. The van der Waals surface area contributed by atoms with E-state index < -0.39 is 4.92 Å². The van der Waals surface area contributed by atoms with E-state index in [1.165, 1.54) is 27.8 Å². The summed E-state index contributed by atoms with van der Waals surface area (Å²) in [6, 6.07) is 4.45. The number of benzene rings is 1. The largest absolute Gasteiger partial charge is 0.489 e. The minimum atomic E-state index is -0.470. The van der Waals surface area contributed by atoms with Crippen molar-refractivity contribution in [2.24, 2.45) is 7.05 Å². The lowest BCUT2D eigenvalue weighted by Crippen LogP contribution is -2.21. The van der Waals surface area contributed by atoms with Gasteiger partial charge in [0.2, 0.25) is 5.75 Å². The van der Waals surface area contributed by atoms with Gasteiger partial charge in [-0.25, -0.2) is 0 Å². The maximum atomic E-state index is 13.1. The first-order valence-corrected chi connectivity index (χ1v) is 11.6. The van der Waals surface area contributed by atoms with Crippen molar-refractivity contribution in [2.75, 3.05) is 13.2 Å². The second kappa shape index (κ2) is 12.8. The van der Waals surface area contributed by atoms with Crippen molar-refractivity contribution >= 4 is 16.6 Å². The molecular formula is C26H36N2O5. The molecule has 0 fully saturated rings. The standard InChI is InChI=1S/C26H36N2O5/c1-6-7-8-9-16-32-24-22-14-13-21(28(30)31)18-23(22)27(5)26(29)25(24)33-17-15-20(4)12-10-11-19(2)3/h11,13-15,18H,6-10,12,16-17H2,1-5H3. The molecule has 1 heterocycles. The Bertz CT molecular complexity index is 1080. The number of non-ortho nitro benzene ring substituents is 1. The van der Waals surface area contributed by atoms with Crippen molar-refractivity contribution in [3.63, 3.8) is 0 Å². The normalized spacial score (nSPS) is 11.5. The van der Waals surface area contributed by atoms with Gasteiger partial charge in [-0.05, 0) is 52.2 Å². The van der Waals surface area contributed by atoms with E-state index in [1.807, 2.05) is 13.0 Å². The molecule has 1 aromatic heterocycles. The quantitative estimate of drug-likeness (QED) is 0.149. The number of aryl methyl sites for hydroxylation is 1. The minimum absolute atomic E-state index is 0.0741. The summed E-state index contributed by atoms with van der Waals surface area (Å²) >= 11 is 0. The highest BCUT2D eigenvalue weighted by atomic mass is 16.6. The number of hydrogen-bond donors (Lipinski definition) is 0. The molecule has 7 nitrogen and oxygen atoms in total. The summed E-state index contributed by atoms with van der Waals surface area (Å²) in [5.41, 5.74) is 2.47. The minimum Gasteiger partial charge on any atom is -0.489 e. The molecule has 0 N–H and O–H groups in total. The van der Waals surface area contributed by atoms with Gasteiger partial charge in [0.25, 0.3) is 11.2 Å². The van der Waals surface area contributed by atoms with Gasteiger partial charge in [-0.2, -0.15) is 0 Å². The van der Waals surface area contributed by atoms with Crippen LogP contribution in [-0.4, -0.2) is 22.7 Å². The van der Waals surface area contributed by atoms with E-state index in [2.05, 4.69) is 26.8 Å². The Morgan fingerprint density at radius 2 is 1.85 bits per heavy atom. The van der Waals surface area contributed by atoms with Crippen LogP contribution in [-0.2, 0) is 7.05 Å². The fraction of sp³-hybridized carbons (Fsp3) is 0.500. The maximum absolute atomic E-state index is 13.1. The van der Waals surface area contributed by atoms with Gasteiger partial charge in [-0.15, -0.1) is 0 Å². The Labute approximate surface area is 195 Å². The number of hydrogen-bond acceptors (Lipinski definition) is 5. The summed E-state index contributed by atoms with van der Waals surface area (Å²) < 4.78 is 13.4. The lowest BCUT2D eigenvalue weighted by atomic mass is 10.1. The third-order valence-corrected chi connectivity index (χ3v) is 5.50. The van der Waals surface area contributed by atoms with Crippen molar-refractivity contribution in [1.82, 2.24) is 4.57 Å². The van der Waals surface area contributed by atoms with Crippen LogP contribution in [0.4, 0.5) is 5.69 Å². The first kappa shape index (κ1) is 26.2. The van der Waals surface area contributed by atoms with E-state index in [9.17, 15) is 14.9 Å². The fourth-order valence-electron chi connectivity index (χ4n) is 3.52. The lowest BCUT2D eigenvalue weighted by molar-refractivity contribution is -0.384. The molecule has 0 unspecified atom stereocenters. The van der Waals surface area contributed by atoms with E-state index in [1.54, 1.807) is 13.1 Å². The molecule has 0 aliphatic carbocycles. The molecule has 180 valence electrons. The SMILES string of the molecule is CCCCCCOc1c(OCC=C(C)CCC=C(C)C)c(=O)n(C)c2cc([N+](=O)[O-])ccc12. The summed E-state index contributed by atoms with van der Waals surface area (Å²) in [7, 11) is 1.59. The molecule has 1 aromatic carbocycles. The smallest absolute Gasteiger partial charge is 0.297 e. The number of fused-ring (bicyclic) bond motifs is 1. The number of nitrogens with zero attached hydrogens (tertiary/aromatic N) is 2. The molecule has 0 radical (unpaired) electrons. The van der Waals surface area contributed by atoms with Crippen LogP contribution < -0.4 is 15.0 Å². The molecule has 0 bridgehead atoms. The van der Waals surface area contributed by atoms with Crippen molar-refractivity contribution < 1.29 is 14.4 Å². The summed E-state index contributed by atoms with van der Waals surface area (Å²) in [4.78, 5) is 23.9. The van der Waals surface area contributed by atoms with Gasteiger partial charge in [-0.3, -0.25) is 14.9 Å². The van der Waals surface area contributed by atoms with Crippen molar-refractivity contribution in [1.29, 1.82) is 0 Å². The topological polar surface area (TPSA) is 83.6 Å². The van der Waals surface area contributed by atoms with E-state index in [4.69, 9.17) is 9.47 Å². The first-order valence-electron chi connectivity index (χ1n) is 11.6. The third kappa shape index (κ3) is 7.48. The molecule has 0 atom stereocenters. The molecule has 0 spiro atoms. The summed E-state index contributed by atoms with van der Waals surface area (Å²) in [5, 5.41) is 11.9. The molecular weight excluding hydrogens is 420 g/mol. The number of ether oxygens (including phenoxy) is 2. The van der Waals surface area contributed by atoms with Crippen LogP contribution in [0.1, 0.15) is 66.2 Å². The van der Waals surface area contributed by atoms with Crippen molar-refractivity contribution in [3.05, 3.63) is 62.0 Å². The highest BCUT2D eigenvalue weighted by Gasteiger charge is 2.20. The number of rotatable bonds is 13. The Hall–Kier alpha value is -3.09. The Balaban J connectivity index is 2.35. The number of nitro benzene ring substituents is 1. The predicted octanol–water partition coefficient (Wildman–Crippen LogP) is 6.48. The van der Waals surface area contributed by atoms with Crippen LogP contribution in [0.5, 0.6) is 11.5 Å². The Morgan fingerprint density at radius 3 is 2.52 bits per heavy atom. The Morgan fingerprint density at radius 1 is 1.09 bits per heavy atom. The molecule has 0 saturated heterocycles. The molecule has 33 heavy (non-hydrogen) atoms. The zero-order valence-corrected chi connectivity index (χ0v) is 20.5.